The Balaban J connectivity index is 2.60. The van der Waals surface area contributed by atoms with Crippen LogP contribution in [0.3, 0.4) is 0 Å². The number of nitrogens with zero attached hydrogens (tertiary/aromatic N) is 2. The molecule has 0 aliphatic carbocycles. The standard InChI is InChI=1S/C12H10N4/c13-10-3-1-2-8-7(10)4-5-9-11(8)15-6-16-12(9)14/h1-6H,13H2,(H2,14,15,16). The Bertz CT molecular complexity index is 630. The highest BCUT2D eigenvalue weighted by molar-refractivity contribution is 6.11. The molecule has 78 valence electrons. The molecule has 0 fully saturated rings. The van der Waals surface area contributed by atoms with Crippen molar-refractivity contribution in [1.29, 1.82) is 0 Å². The SMILES string of the molecule is Nc1cccc2c1ccc1c(N)ncnc12. The molecule has 0 spiro atoms. The zero-order valence-corrected chi connectivity index (χ0v) is 8.51. The van der Waals surface area contributed by atoms with Crippen LogP contribution in [-0.4, -0.2) is 9.97 Å². The summed E-state index contributed by atoms with van der Waals surface area (Å²) in [6, 6.07) is 9.63. The lowest BCUT2D eigenvalue weighted by molar-refractivity contribution is 1.23. The Morgan fingerprint density at radius 2 is 1.62 bits per heavy atom. The van der Waals surface area contributed by atoms with Crippen molar-refractivity contribution in [2.45, 2.75) is 0 Å². The summed E-state index contributed by atoms with van der Waals surface area (Å²) in [5.74, 6) is 0.495. The van der Waals surface area contributed by atoms with Gasteiger partial charge in [-0.1, -0.05) is 18.2 Å². The highest BCUT2D eigenvalue weighted by Gasteiger charge is 2.05. The molecular formula is C12H10N4. The van der Waals surface area contributed by atoms with Crippen LogP contribution in [0, 0.1) is 0 Å². The minimum absolute atomic E-state index is 0.495. The van der Waals surface area contributed by atoms with Crippen molar-refractivity contribution in [3.05, 3.63) is 36.7 Å². The molecule has 4 heteroatoms. The maximum absolute atomic E-state index is 5.91. The summed E-state index contributed by atoms with van der Waals surface area (Å²) in [4.78, 5) is 8.24. The number of hydrogen-bond acceptors (Lipinski definition) is 4. The molecule has 4 nitrogen and oxygen atoms in total. The third-order valence-electron chi connectivity index (χ3n) is 2.73. The number of anilines is 2. The monoisotopic (exact) mass is 210 g/mol. The second-order valence-electron chi connectivity index (χ2n) is 3.66. The largest absolute Gasteiger partial charge is 0.398 e. The molecule has 0 radical (unpaired) electrons. The normalized spacial score (nSPS) is 11.0. The molecule has 0 aliphatic rings. The first-order valence-corrected chi connectivity index (χ1v) is 4.95. The van der Waals surface area contributed by atoms with Crippen LogP contribution in [0.4, 0.5) is 11.5 Å². The minimum Gasteiger partial charge on any atom is -0.398 e. The van der Waals surface area contributed by atoms with Gasteiger partial charge in [-0.15, -0.1) is 0 Å². The van der Waals surface area contributed by atoms with E-state index in [-0.39, 0.29) is 0 Å². The Labute approximate surface area is 91.9 Å². The Morgan fingerprint density at radius 1 is 0.812 bits per heavy atom. The van der Waals surface area contributed by atoms with Crippen molar-refractivity contribution in [3.8, 4) is 0 Å². The number of benzene rings is 2. The average Bonchev–Trinajstić information content (AvgIpc) is 2.30. The van der Waals surface area contributed by atoms with E-state index in [0.29, 0.717) is 5.82 Å². The number of rotatable bonds is 0. The van der Waals surface area contributed by atoms with Crippen molar-refractivity contribution in [2.75, 3.05) is 11.5 Å². The van der Waals surface area contributed by atoms with Crippen LogP contribution in [0.1, 0.15) is 0 Å². The summed E-state index contributed by atoms with van der Waals surface area (Å²) in [7, 11) is 0. The van der Waals surface area contributed by atoms with Crippen LogP contribution in [0.25, 0.3) is 21.7 Å². The third-order valence-corrected chi connectivity index (χ3v) is 2.73. The van der Waals surface area contributed by atoms with E-state index >= 15 is 0 Å². The van der Waals surface area contributed by atoms with Gasteiger partial charge in [-0.25, -0.2) is 9.97 Å². The topological polar surface area (TPSA) is 77.8 Å². The van der Waals surface area contributed by atoms with Gasteiger partial charge >= 0.3 is 0 Å². The fourth-order valence-corrected chi connectivity index (χ4v) is 1.93. The molecule has 2 aromatic carbocycles. The first-order valence-electron chi connectivity index (χ1n) is 4.95. The fraction of sp³-hybridized carbons (Fsp3) is 0. The Kier molecular flexibility index (Phi) is 1.71. The average molecular weight is 210 g/mol. The Morgan fingerprint density at radius 3 is 2.50 bits per heavy atom. The first kappa shape index (κ1) is 8.91. The predicted octanol–water partition coefficient (Wildman–Crippen LogP) is 1.95. The zero-order valence-electron chi connectivity index (χ0n) is 8.51. The number of fused-ring (bicyclic) bond motifs is 3. The minimum atomic E-state index is 0.495. The number of hydrogen-bond donors (Lipinski definition) is 2. The molecule has 0 bridgehead atoms. The summed E-state index contributed by atoms with van der Waals surface area (Å²) in [6.45, 7) is 0. The second kappa shape index (κ2) is 3.06. The molecule has 3 rings (SSSR count). The van der Waals surface area contributed by atoms with Crippen molar-refractivity contribution < 1.29 is 0 Å². The van der Waals surface area contributed by atoms with E-state index < -0.39 is 0 Å². The molecule has 0 aliphatic heterocycles. The molecule has 0 atom stereocenters. The van der Waals surface area contributed by atoms with Crippen molar-refractivity contribution in [1.82, 2.24) is 9.97 Å². The van der Waals surface area contributed by atoms with Gasteiger partial charge in [0.2, 0.25) is 0 Å². The molecule has 1 heterocycles. The van der Waals surface area contributed by atoms with Crippen molar-refractivity contribution in [3.63, 3.8) is 0 Å². The van der Waals surface area contributed by atoms with E-state index in [4.69, 9.17) is 11.5 Å². The van der Waals surface area contributed by atoms with Crippen LogP contribution in [-0.2, 0) is 0 Å². The molecular weight excluding hydrogens is 200 g/mol. The molecule has 0 saturated carbocycles. The smallest absolute Gasteiger partial charge is 0.134 e. The lowest BCUT2D eigenvalue weighted by Crippen LogP contribution is -1.94. The van der Waals surface area contributed by atoms with Crippen LogP contribution in [0.2, 0.25) is 0 Å². The van der Waals surface area contributed by atoms with Gasteiger partial charge in [-0.05, 0) is 12.1 Å². The lowest BCUT2D eigenvalue weighted by Gasteiger charge is -2.06. The van der Waals surface area contributed by atoms with Crippen LogP contribution < -0.4 is 11.5 Å². The molecule has 0 amide bonds. The number of nitrogens with two attached hydrogens (primary N) is 2. The molecule has 0 saturated heterocycles. The molecule has 0 unspecified atom stereocenters. The highest BCUT2D eigenvalue weighted by atomic mass is 14.9. The van der Waals surface area contributed by atoms with E-state index in [0.717, 1.165) is 27.4 Å². The summed E-state index contributed by atoms with van der Waals surface area (Å²) >= 11 is 0. The third kappa shape index (κ3) is 1.10. The fourth-order valence-electron chi connectivity index (χ4n) is 1.93. The molecule has 1 aromatic heterocycles. The van der Waals surface area contributed by atoms with Crippen LogP contribution >= 0.6 is 0 Å². The van der Waals surface area contributed by atoms with Gasteiger partial charge in [0.05, 0.1) is 5.52 Å². The van der Waals surface area contributed by atoms with E-state index in [2.05, 4.69) is 9.97 Å². The summed E-state index contributed by atoms with van der Waals surface area (Å²) in [5, 5.41) is 2.86. The van der Waals surface area contributed by atoms with Gasteiger partial charge in [0.25, 0.3) is 0 Å². The maximum atomic E-state index is 5.91. The number of aromatic nitrogens is 2. The quantitative estimate of drug-likeness (QED) is 0.439. The van der Waals surface area contributed by atoms with Gasteiger partial charge in [0, 0.05) is 21.8 Å². The maximum Gasteiger partial charge on any atom is 0.134 e. The molecule has 3 aromatic rings. The van der Waals surface area contributed by atoms with Gasteiger partial charge < -0.3 is 11.5 Å². The van der Waals surface area contributed by atoms with Crippen molar-refractivity contribution >= 4 is 33.2 Å². The van der Waals surface area contributed by atoms with E-state index in [9.17, 15) is 0 Å². The first-order chi connectivity index (χ1) is 7.77. The molecule has 16 heavy (non-hydrogen) atoms. The van der Waals surface area contributed by atoms with E-state index in [1.165, 1.54) is 6.33 Å². The predicted molar refractivity (Wildman–Crippen MR) is 65.9 cm³/mol. The summed E-state index contributed by atoms with van der Waals surface area (Å²) in [5.41, 5.74) is 13.3. The van der Waals surface area contributed by atoms with Gasteiger partial charge in [-0.3, -0.25) is 0 Å². The van der Waals surface area contributed by atoms with Gasteiger partial charge in [-0.2, -0.15) is 0 Å². The second-order valence-corrected chi connectivity index (χ2v) is 3.66. The zero-order chi connectivity index (χ0) is 11.1. The van der Waals surface area contributed by atoms with Gasteiger partial charge in [0.15, 0.2) is 0 Å². The Hall–Kier alpha value is -2.36. The van der Waals surface area contributed by atoms with Crippen molar-refractivity contribution in [2.24, 2.45) is 0 Å². The van der Waals surface area contributed by atoms with E-state index in [1.54, 1.807) is 0 Å². The summed E-state index contributed by atoms with van der Waals surface area (Å²) < 4.78 is 0. The molecule has 4 N–H and O–H groups in total. The highest BCUT2D eigenvalue weighted by Crippen LogP contribution is 2.28. The van der Waals surface area contributed by atoms with Gasteiger partial charge in [0.1, 0.15) is 12.1 Å². The summed E-state index contributed by atoms with van der Waals surface area (Å²) in [6.07, 6.45) is 1.47. The lowest BCUT2D eigenvalue weighted by atomic mass is 10.1. The number of nitrogen functional groups attached to an aromatic ring is 2. The van der Waals surface area contributed by atoms with E-state index in [1.807, 2.05) is 30.3 Å². The van der Waals surface area contributed by atoms with Crippen LogP contribution in [0.5, 0.6) is 0 Å². The van der Waals surface area contributed by atoms with Crippen LogP contribution in [0.15, 0.2) is 36.7 Å².